The predicted molar refractivity (Wildman–Crippen MR) is 60.1 cm³/mol. The molecule has 0 unspecified atom stereocenters. The van der Waals surface area contributed by atoms with Gasteiger partial charge in [0.15, 0.2) is 0 Å². The van der Waals surface area contributed by atoms with Crippen LogP contribution in [0.1, 0.15) is 5.56 Å². The van der Waals surface area contributed by atoms with Crippen LogP contribution < -0.4 is 0 Å². The standard InChI is InChI=1S/C10H7Cl3/c11-9(10(12)13)7-6-8-4-2-1-3-5-8/h1-7H. The van der Waals surface area contributed by atoms with Crippen molar-refractivity contribution in [2.24, 2.45) is 0 Å². The molecule has 0 spiro atoms. The van der Waals surface area contributed by atoms with E-state index in [9.17, 15) is 0 Å². The fourth-order valence-electron chi connectivity index (χ4n) is 0.797. The topological polar surface area (TPSA) is 0 Å². The number of hydrogen-bond donors (Lipinski definition) is 0. The highest BCUT2D eigenvalue weighted by molar-refractivity contribution is 6.59. The first kappa shape index (κ1) is 10.6. The maximum atomic E-state index is 5.69. The number of rotatable bonds is 2. The third-order valence-electron chi connectivity index (χ3n) is 1.40. The van der Waals surface area contributed by atoms with Crippen LogP contribution in [0.5, 0.6) is 0 Å². The van der Waals surface area contributed by atoms with Gasteiger partial charge in [-0.3, -0.25) is 0 Å². The zero-order chi connectivity index (χ0) is 9.68. The highest BCUT2D eigenvalue weighted by atomic mass is 35.5. The summed E-state index contributed by atoms with van der Waals surface area (Å²) in [5.74, 6) is 0. The van der Waals surface area contributed by atoms with Crippen molar-refractivity contribution < 1.29 is 0 Å². The Bertz CT molecular complexity index is 321. The summed E-state index contributed by atoms with van der Waals surface area (Å²) < 4.78 is 0.0776. The molecule has 0 atom stereocenters. The molecule has 0 amide bonds. The Morgan fingerprint density at radius 1 is 1.00 bits per heavy atom. The highest BCUT2D eigenvalue weighted by Gasteiger charge is 1.92. The van der Waals surface area contributed by atoms with Gasteiger partial charge in [-0.05, 0) is 11.6 Å². The molecule has 0 aliphatic carbocycles. The summed E-state index contributed by atoms with van der Waals surface area (Å²) in [4.78, 5) is 0. The Hall–Kier alpha value is -0.430. The van der Waals surface area contributed by atoms with Gasteiger partial charge in [-0.15, -0.1) is 0 Å². The molecular weight excluding hydrogens is 226 g/mol. The Balaban J connectivity index is 2.76. The van der Waals surface area contributed by atoms with Crippen LogP contribution in [-0.4, -0.2) is 0 Å². The quantitative estimate of drug-likeness (QED) is 0.656. The van der Waals surface area contributed by atoms with Crippen LogP contribution in [0.15, 0.2) is 45.9 Å². The van der Waals surface area contributed by atoms with Crippen molar-refractivity contribution in [3.05, 3.63) is 51.5 Å². The minimum Gasteiger partial charge on any atom is -0.0817 e. The number of hydrogen-bond acceptors (Lipinski definition) is 0. The van der Waals surface area contributed by atoms with E-state index in [2.05, 4.69) is 0 Å². The molecule has 0 N–H and O–H groups in total. The second kappa shape index (κ2) is 5.33. The van der Waals surface area contributed by atoms with E-state index in [0.717, 1.165) is 5.56 Å². The fraction of sp³-hybridized carbons (Fsp3) is 0. The zero-order valence-corrected chi connectivity index (χ0v) is 8.94. The van der Waals surface area contributed by atoms with Crippen LogP contribution >= 0.6 is 34.8 Å². The summed E-state index contributed by atoms with van der Waals surface area (Å²) in [5, 5.41) is 0.340. The monoisotopic (exact) mass is 232 g/mol. The third-order valence-corrected chi connectivity index (χ3v) is 2.32. The van der Waals surface area contributed by atoms with Crippen LogP contribution in [0.2, 0.25) is 0 Å². The van der Waals surface area contributed by atoms with Gasteiger partial charge in [0.05, 0.1) is 5.03 Å². The van der Waals surface area contributed by atoms with Gasteiger partial charge in [0.1, 0.15) is 4.49 Å². The van der Waals surface area contributed by atoms with Crippen LogP contribution in [0, 0.1) is 0 Å². The summed E-state index contributed by atoms with van der Waals surface area (Å²) in [6.45, 7) is 0. The minimum absolute atomic E-state index is 0.0776. The molecule has 0 aliphatic rings. The maximum Gasteiger partial charge on any atom is 0.125 e. The minimum atomic E-state index is 0.0776. The van der Waals surface area contributed by atoms with E-state index in [-0.39, 0.29) is 4.49 Å². The van der Waals surface area contributed by atoms with Crippen molar-refractivity contribution in [2.75, 3.05) is 0 Å². The van der Waals surface area contributed by atoms with Crippen LogP contribution in [-0.2, 0) is 0 Å². The van der Waals surface area contributed by atoms with E-state index in [0.29, 0.717) is 5.03 Å². The molecule has 13 heavy (non-hydrogen) atoms. The Kier molecular flexibility index (Phi) is 4.37. The van der Waals surface area contributed by atoms with Gasteiger partial charge in [0, 0.05) is 0 Å². The molecule has 0 nitrogen and oxygen atoms in total. The Labute approximate surface area is 92.4 Å². The molecule has 0 saturated heterocycles. The van der Waals surface area contributed by atoms with Crippen molar-refractivity contribution >= 4 is 40.9 Å². The molecular formula is C10H7Cl3. The zero-order valence-electron chi connectivity index (χ0n) is 6.68. The first-order valence-corrected chi connectivity index (χ1v) is 4.77. The molecule has 68 valence electrons. The molecule has 0 heterocycles. The van der Waals surface area contributed by atoms with Crippen LogP contribution in [0.4, 0.5) is 0 Å². The summed E-state index contributed by atoms with van der Waals surface area (Å²) in [6.07, 6.45) is 3.50. The van der Waals surface area contributed by atoms with E-state index in [1.54, 1.807) is 6.08 Å². The molecule has 1 rings (SSSR count). The lowest BCUT2D eigenvalue weighted by molar-refractivity contribution is 1.66. The average molecular weight is 234 g/mol. The normalized spacial score (nSPS) is 10.4. The van der Waals surface area contributed by atoms with Crippen molar-refractivity contribution in [3.63, 3.8) is 0 Å². The van der Waals surface area contributed by atoms with Gasteiger partial charge < -0.3 is 0 Å². The summed E-state index contributed by atoms with van der Waals surface area (Å²) in [7, 11) is 0. The number of benzene rings is 1. The summed E-state index contributed by atoms with van der Waals surface area (Å²) >= 11 is 16.6. The predicted octanol–water partition coefficient (Wildman–Crippen LogP) is 4.59. The van der Waals surface area contributed by atoms with Gasteiger partial charge >= 0.3 is 0 Å². The maximum absolute atomic E-state index is 5.69. The lowest BCUT2D eigenvalue weighted by atomic mass is 10.2. The molecule has 0 aromatic heterocycles. The van der Waals surface area contributed by atoms with Gasteiger partial charge in [-0.2, -0.15) is 0 Å². The third kappa shape index (κ3) is 3.86. The lowest BCUT2D eigenvalue weighted by Crippen LogP contribution is -1.69. The van der Waals surface area contributed by atoms with Gasteiger partial charge in [-0.1, -0.05) is 71.2 Å². The fourth-order valence-corrected chi connectivity index (χ4v) is 0.986. The van der Waals surface area contributed by atoms with Crippen LogP contribution in [0.3, 0.4) is 0 Å². The second-order valence-corrected chi connectivity index (χ2v) is 3.71. The first-order valence-electron chi connectivity index (χ1n) is 3.64. The smallest absolute Gasteiger partial charge is 0.0817 e. The van der Waals surface area contributed by atoms with E-state index < -0.39 is 0 Å². The number of allylic oxidation sites excluding steroid dienone is 2. The van der Waals surface area contributed by atoms with Crippen molar-refractivity contribution in [3.8, 4) is 0 Å². The molecule has 0 fully saturated rings. The van der Waals surface area contributed by atoms with Gasteiger partial charge in [0.25, 0.3) is 0 Å². The van der Waals surface area contributed by atoms with Gasteiger partial charge in [-0.25, -0.2) is 0 Å². The summed E-state index contributed by atoms with van der Waals surface area (Å²) in [5.41, 5.74) is 1.05. The molecule has 0 saturated carbocycles. The van der Waals surface area contributed by atoms with E-state index in [4.69, 9.17) is 34.8 Å². The van der Waals surface area contributed by atoms with Gasteiger partial charge in [0.2, 0.25) is 0 Å². The molecule has 0 bridgehead atoms. The van der Waals surface area contributed by atoms with E-state index >= 15 is 0 Å². The average Bonchev–Trinajstić information content (AvgIpc) is 2.15. The number of halogens is 3. The molecule has 1 aromatic carbocycles. The molecule has 0 radical (unpaired) electrons. The molecule has 1 aromatic rings. The van der Waals surface area contributed by atoms with Crippen LogP contribution in [0.25, 0.3) is 6.08 Å². The molecule has 0 aliphatic heterocycles. The first-order chi connectivity index (χ1) is 6.20. The second-order valence-electron chi connectivity index (χ2n) is 2.35. The SMILES string of the molecule is ClC(Cl)=C(Cl)C=Cc1ccccc1. The van der Waals surface area contributed by atoms with E-state index in [1.807, 2.05) is 36.4 Å². The molecule has 3 heteroatoms. The van der Waals surface area contributed by atoms with Crippen molar-refractivity contribution in [2.45, 2.75) is 0 Å². The largest absolute Gasteiger partial charge is 0.125 e. The summed E-state index contributed by atoms with van der Waals surface area (Å²) in [6, 6.07) is 9.76. The van der Waals surface area contributed by atoms with E-state index in [1.165, 1.54) is 0 Å². The Morgan fingerprint density at radius 3 is 2.15 bits per heavy atom. The van der Waals surface area contributed by atoms with Crippen molar-refractivity contribution in [1.82, 2.24) is 0 Å². The Morgan fingerprint density at radius 2 is 1.62 bits per heavy atom. The lowest BCUT2D eigenvalue weighted by Gasteiger charge is -1.91. The van der Waals surface area contributed by atoms with Crippen molar-refractivity contribution in [1.29, 1.82) is 0 Å². The highest BCUT2D eigenvalue weighted by Crippen LogP contribution is 2.19.